The first-order valence-corrected chi connectivity index (χ1v) is 4.93. The van der Waals surface area contributed by atoms with Gasteiger partial charge in [-0.2, -0.15) is 5.26 Å². The molecule has 0 saturated carbocycles. The number of hydrogen-bond acceptors (Lipinski definition) is 4. The number of pyridine rings is 1. The highest BCUT2D eigenvalue weighted by Gasteiger charge is 2.02. The molecule has 2 rings (SSSR count). The predicted octanol–water partition coefficient (Wildman–Crippen LogP) is 2.47. The monoisotopic (exact) mass is 213 g/mol. The molecule has 1 N–H and O–H groups in total. The largest absolute Gasteiger partial charge is 0.449 e. The summed E-state index contributed by atoms with van der Waals surface area (Å²) in [5.41, 5.74) is 2.10. The van der Waals surface area contributed by atoms with Crippen LogP contribution in [0, 0.1) is 18.3 Å². The van der Waals surface area contributed by atoms with E-state index in [9.17, 15) is 0 Å². The number of nitrogens with zero attached hydrogens (tertiary/aromatic N) is 2. The molecule has 0 unspecified atom stereocenters. The van der Waals surface area contributed by atoms with Crippen molar-refractivity contribution in [1.82, 2.24) is 4.98 Å². The molecule has 2 aromatic heterocycles. The molecular weight excluding hydrogens is 202 g/mol. The van der Waals surface area contributed by atoms with Gasteiger partial charge in [0.1, 0.15) is 11.8 Å². The van der Waals surface area contributed by atoms with E-state index in [4.69, 9.17) is 9.68 Å². The number of aryl methyl sites for hydroxylation is 1. The van der Waals surface area contributed by atoms with E-state index in [2.05, 4.69) is 10.3 Å². The molecule has 0 radical (unpaired) electrons. The van der Waals surface area contributed by atoms with Gasteiger partial charge < -0.3 is 9.73 Å². The summed E-state index contributed by atoms with van der Waals surface area (Å²) in [6, 6.07) is 7.33. The summed E-state index contributed by atoms with van der Waals surface area (Å²) >= 11 is 0. The summed E-state index contributed by atoms with van der Waals surface area (Å²) in [5.74, 6) is 1.07. The second-order valence-electron chi connectivity index (χ2n) is 3.42. The highest BCUT2D eigenvalue weighted by molar-refractivity contribution is 5.48. The van der Waals surface area contributed by atoms with Gasteiger partial charge in [0.15, 0.2) is 0 Å². The Kier molecular flexibility index (Phi) is 2.88. The molecule has 80 valence electrons. The first kappa shape index (κ1) is 10.2. The highest BCUT2D eigenvalue weighted by Crippen LogP contribution is 2.14. The maximum Gasteiger partial charge on any atom is 0.203 e. The molecule has 0 bridgehead atoms. The number of nitrogens with one attached hydrogen (secondary N) is 1. The van der Waals surface area contributed by atoms with Crippen molar-refractivity contribution >= 4 is 5.69 Å². The summed E-state index contributed by atoms with van der Waals surface area (Å²) in [7, 11) is 0. The third-order valence-electron chi connectivity index (χ3n) is 2.26. The lowest BCUT2D eigenvalue weighted by Crippen LogP contribution is -2.00. The molecule has 4 nitrogen and oxygen atoms in total. The summed E-state index contributed by atoms with van der Waals surface area (Å²) in [6.45, 7) is 2.56. The van der Waals surface area contributed by atoms with Gasteiger partial charge in [0.2, 0.25) is 5.76 Å². The van der Waals surface area contributed by atoms with Gasteiger partial charge in [-0.1, -0.05) is 0 Å². The van der Waals surface area contributed by atoms with Crippen LogP contribution in [-0.2, 0) is 6.54 Å². The fraction of sp³-hybridized carbons (Fsp3) is 0.167. The maximum atomic E-state index is 8.61. The number of rotatable bonds is 3. The van der Waals surface area contributed by atoms with E-state index < -0.39 is 0 Å². The summed E-state index contributed by atoms with van der Waals surface area (Å²) < 4.78 is 5.25. The normalized spacial score (nSPS) is 9.75. The van der Waals surface area contributed by atoms with Crippen LogP contribution < -0.4 is 5.32 Å². The molecule has 0 aliphatic carbocycles. The van der Waals surface area contributed by atoms with Crippen LogP contribution in [0.3, 0.4) is 0 Å². The molecular formula is C12H11N3O. The second kappa shape index (κ2) is 4.49. The van der Waals surface area contributed by atoms with Crippen molar-refractivity contribution < 1.29 is 4.42 Å². The molecule has 2 aromatic rings. The van der Waals surface area contributed by atoms with E-state index in [0.29, 0.717) is 12.3 Å². The van der Waals surface area contributed by atoms with Crippen molar-refractivity contribution in [3.8, 4) is 6.07 Å². The van der Waals surface area contributed by atoms with E-state index in [1.807, 2.05) is 19.1 Å². The number of aromatic nitrogens is 1. The van der Waals surface area contributed by atoms with Crippen LogP contribution in [0.25, 0.3) is 0 Å². The molecule has 0 aromatic carbocycles. The Hall–Kier alpha value is -2.28. The number of anilines is 1. The molecule has 0 aliphatic heterocycles. The van der Waals surface area contributed by atoms with Gasteiger partial charge in [-0.25, -0.2) is 0 Å². The lowest BCUT2D eigenvalue weighted by Gasteiger charge is -2.06. The van der Waals surface area contributed by atoms with E-state index in [1.54, 1.807) is 24.5 Å². The van der Waals surface area contributed by atoms with E-state index in [-0.39, 0.29) is 0 Å². The van der Waals surface area contributed by atoms with Crippen molar-refractivity contribution in [2.24, 2.45) is 0 Å². The minimum atomic E-state index is 0.333. The summed E-state index contributed by atoms with van der Waals surface area (Å²) in [6.07, 6.45) is 3.52. The minimum absolute atomic E-state index is 0.333. The Labute approximate surface area is 93.5 Å². The third-order valence-corrected chi connectivity index (χ3v) is 2.26. The molecule has 0 amide bonds. The number of hydrogen-bond donors (Lipinski definition) is 1. The molecule has 0 fully saturated rings. The van der Waals surface area contributed by atoms with Gasteiger partial charge in [0, 0.05) is 6.20 Å². The van der Waals surface area contributed by atoms with Crippen LogP contribution in [0.15, 0.2) is 35.0 Å². The van der Waals surface area contributed by atoms with Crippen LogP contribution in [-0.4, -0.2) is 4.98 Å². The number of furan rings is 1. The second-order valence-corrected chi connectivity index (χ2v) is 3.42. The van der Waals surface area contributed by atoms with Gasteiger partial charge >= 0.3 is 0 Å². The van der Waals surface area contributed by atoms with Crippen molar-refractivity contribution in [2.75, 3.05) is 5.32 Å². The first-order valence-electron chi connectivity index (χ1n) is 4.93. The van der Waals surface area contributed by atoms with E-state index in [0.717, 1.165) is 17.0 Å². The van der Waals surface area contributed by atoms with Crippen LogP contribution in [0.4, 0.5) is 5.69 Å². The van der Waals surface area contributed by atoms with E-state index in [1.165, 1.54) is 0 Å². The Morgan fingerprint density at radius 2 is 2.31 bits per heavy atom. The Balaban J connectivity index is 2.03. The predicted molar refractivity (Wildman–Crippen MR) is 59.7 cm³/mol. The van der Waals surface area contributed by atoms with Crippen molar-refractivity contribution in [2.45, 2.75) is 13.5 Å². The van der Waals surface area contributed by atoms with Crippen molar-refractivity contribution in [1.29, 1.82) is 5.26 Å². The highest BCUT2D eigenvalue weighted by atomic mass is 16.3. The van der Waals surface area contributed by atoms with Crippen molar-refractivity contribution in [3.05, 3.63) is 47.7 Å². The zero-order valence-corrected chi connectivity index (χ0v) is 8.90. The molecule has 2 heterocycles. The minimum Gasteiger partial charge on any atom is -0.449 e. The molecule has 0 aliphatic rings. The van der Waals surface area contributed by atoms with Crippen molar-refractivity contribution in [3.63, 3.8) is 0 Å². The molecule has 0 atom stereocenters. The Bertz CT molecular complexity index is 525. The fourth-order valence-corrected chi connectivity index (χ4v) is 1.36. The van der Waals surface area contributed by atoms with Gasteiger partial charge in [-0.3, -0.25) is 4.98 Å². The van der Waals surface area contributed by atoms with Gasteiger partial charge in [0.05, 0.1) is 18.4 Å². The molecule has 16 heavy (non-hydrogen) atoms. The third kappa shape index (κ3) is 2.20. The average molecular weight is 213 g/mol. The van der Waals surface area contributed by atoms with Crippen LogP contribution >= 0.6 is 0 Å². The standard InChI is InChI=1S/C12H11N3O/c1-9-4-5-14-8-12(9)15-7-11-3-2-10(6-13)16-11/h2-5,8,15H,7H2,1H3. The van der Waals surface area contributed by atoms with E-state index >= 15 is 0 Å². The summed E-state index contributed by atoms with van der Waals surface area (Å²) in [4.78, 5) is 4.03. The maximum absolute atomic E-state index is 8.61. The average Bonchev–Trinajstić information content (AvgIpc) is 2.76. The molecule has 4 heteroatoms. The molecule has 0 saturated heterocycles. The zero-order chi connectivity index (χ0) is 11.4. The first-order chi connectivity index (χ1) is 7.79. The SMILES string of the molecule is Cc1ccncc1NCc1ccc(C#N)o1. The Morgan fingerprint density at radius 1 is 1.44 bits per heavy atom. The fourth-order valence-electron chi connectivity index (χ4n) is 1.36. The van der Waals surface area contributed by atoms with Gasteiger partial charge in [0.25, 0.3) is 0 Å². The van der Waals surface area contributed by atoms with Gasteiger partial charge in [-0.15, -0.1) is 0 Å². The quantitative estimate of drug-likeness (QED) is 0.850. The van der Waals surface area contributed by atoms with Crippen LogP contribution in [0.2, 0.25) is 0 Å². The van der Waals surface area contributed by atoms with Crippen LogP contribution in [0.5, 0.6) is 0 Å². The Morgan fingerprint density at radius 3 is 3.00 bits per heavy atom. The number of nitriles is 1. The smallest absolute Gasteiger partial charge is 0.203 e. The molecule has 0 spiro atoms. The van der Waals surface area contributed by atoms with Crippen LogP contribution in [0.1, 0.15) is 17.1 Å². The lowest BCUT2D eigenvalue weighted by atomic mass is 10.2. The summed E-state index contributed by atoms with van der Waals surface area (Å²) in [5, 5.41) is 11.8. The lowest BCUT2D eigenvalue weighted by molar-refractivity contribution is 0.506. The zero-order valence-electron chi connectivity index (χ0n) is 8.90. The topological polar surface area (TPSA) is 61.9 Å². The van der Waals surface area contributed by atoms with Gasteiger partial charge in [-0.05, 0) is 30.7 Å².